The number of nitrogens with zero attached hydrogens (tertiary/aromatic N) is 2. The Hall–Kier alpha value is -1.93. The summed E-state index contributed by atoms with van der Waals surface area (Å²) < 4.78 is 32.3. The summed E-state index contributed by atoms with van der Waals surface area (Å²) in [4.78, 5) is 26.8. The molecule has 1 unspecified atom stereocenters. The van der Waals surface area contributed by atoms with E-state index in [0.29, 0.717) is 19.6 Å². The molecule has 0 aromatic heterocycles. The van der Waals surface area contributed by atoms with E-state index in [1.165, 1.54) is 28.6 Å². The number of sulfonamides is 1. The Morgan fingerprint density at radius 2 is 1.79 bits per heavy atom. The van der Waals surface area contributed by atoms with Crippen LogP contribution >= 0.6 is 0 Å². The second kappa shape index (κ2) is 9.71. The SMILES string of the molecule is CCC1CCCCN1C(=O)COC(=O)c1cccc(S(=O)(=O)N2CCCCC2)c1. The number of likely N-dealkylation sites (tertiary alicyclic amines) is 1. The van der Waals surface area contributed by atoms with Gasteiger partial charge in [-0.05, 0) is 56.7 Å². The van der Waals surface area contributed by atoms with Crippen LogP contribution < -0.4 is 0 Å². The molecule has 2 saturated heterocycles. The average molecular weight is 423 g/mol. The Morgan fingerprint density at radius 1 is 1.07 bits per heavy atom. The third-order valence-electron chi connectivity index (χ3n) is 5.77. The Balaban J connectivity index is 1.64. The van der Waals surface area contributed by atoms with Gasteiger partial charge in [0.05, 0.1) is 10.5 Å². The maximum Gasteiger partial charge on any atom is 0.338 e. The highest BCUT2D eigenvalue weighted by Gasteiger charge is 2.28. The summed E-state index contributed by atoms with van der Waals surface area (Å²) in [5.41, 5.74) is 0.140. The molecule has 0 radical (unpaired) electrons. The van der Waals surface area contributed by atoms with E-state index in [2.05, 4.69) is 6.92 Å². The van der Waals surface area contributed by atoms with Gasteiger partial charge in [-0.2, -0.15) is 4.31 Å². The highest BCUT2D eigenvalue weighted by molar-refractivity contribution is 7.89. The van der Waals surface area contributed by atoms with E-state index in [1.54, 1.807) is 4.90 Å². The predicted molar refractivity (Wildman–Crippen MR) is 109 cm³/mol. The van der Waals surface area contributed by atoms with Crippen molar-refractivity contribution in [2.24, 2.45) is 0 Å². The predicted octanol–water partition coefficient (Wildman–Crippen LogP) is 2.81. The molecule has 1 amide bonds. The first-order chi connectivity index (χ1) is 13.9. The zero-order chi connectivity index (χ0) is 20.9. The first-order valence-electron chi connectivity index (χ1n) is 10.5. The van der Waals surface area contributed by atoms with Crippen molar-refractivity contribution in [1.82, 2.24) is 9.21 Å². The maximum absolute atomic E-state index is 12.8. The monoisotopic (exact) mass is 422 g/mol. The van der Waals surface area contributed by atoms with Gasteiger partial charge in [0, 0.05) is 25.7 Å². The van der Waals surface area contributed by atoms with Gasteiger partial charge in [-0.15, -0.1) is 0 Å². The second-order valence-electron chi connectivity index (χ2n) is 7.71. The summed E-state index contributed by atoms with van der Waals surface area (Å²) in [6.07, 6.45) is 6.66. The van der Waals surface area contributed by atoms with E-state index in [1.807, 2.05) is 0 Å². The van der Waals surface area contributed by atoms with Crippen LogP contribution in [0.3, 0.4) is 0 Å². The van der Waals surface area contributed by atoms with Crippen molar-refractivity contribution in [1.29, 1.82) is 0 Å². The molecule has 1 aromatic rings. The molecule has 1 atom stereocenters. The highest BCUT2D eigenvalue weighted by atomic mass is 32.2. The molecule has 0 aliphatic carbocycles. The number of carbonyl (C=O) groups excluding carboxylic acids is 2. The van der Waals surface area contributed by atoms with Crippen LogP contribution in [0.1, 0.15) is 62.2 Å². The Kier molecular flexibility index (Phi) is 7.29. The Morgan fingerprint density at radius 3 is 2.52 bits per heavy atom. The van der Waals surface area contributed by atoms with Crippen LogP contribution in [0, 0.1) is 0 Å². The molecule has 2 aliphatic heterocycles. The van der Waals surface area contributed by atoms with Crippen LogP contribution in [-0.2, 0) is 19.6 Å². The number of hydrogen-bond donors (Lipinski definition) is 0. The van der Waals surface area contributed by atoms with Gasteiger partial charge < -0.3 is 9.64 Å². The zero-order valence-electron chi connectivity index (χ0n) is 17.0. The van der Waals surface area contributed by atoms with Crippen molar-refractivity contribution < 1.29 is 22.7 Å². The number of piperidine rings is 2. The molecule has 0 spiro atoms. The molecule has 2 fully saturated rings. The van der Waals surface area contributed by atoms with Crippen LogP contribution in [0.15, 0.2) is 29.2 Å². The molecule has 2 heterocycles. The highest BCUT2D eigenvalue weighted by Crippen LogP contribution is 2.22. The standard InChI is InChI=1S/C21H30N2O5S/c1-2-18-10-4-7-14-23(18)20(24)16-28-21(25)17-9-8-11-19(15-17)29(26,27)22-12-5-3-6-13-22/h8-9,11,15,18H,2-7,10,12-14,16H2,1H3. The molecule has 0 bridgehead atoms. The molecule has 3 rings (SSSR count). The van der Waals surface area contributed by atoms with Crippen LogP contribution in [0.4, 0.5) is 0 Å². The van der Waals surface area contributed by atoms with Gasteiger partial charge in [-0.25, -0.2) is 13.2 Å². The third-order valence-corrected chi connectivity index (χ3v) is 7.66. The molecule has 0 N–H and O–H groups in total. The fourth-order valence-corrected chi connectivity index (χ4v) is 5.65. The lowest BCUT2D eigenvalue weighted by atomic mass is 10.00. The molecule has 1 aromatic carbocycles. The van der Waals surface area contributed by atoms with Gasteiger partial charge in [0.1, 0.15) is 0 Å². The smallest absolute Gasteiger partial charge is 0.338 e. The molecule has 8 heteroatoms. The first kappa shape index (κ1) is 21.8. The van der Waals surface area contributed by atoms with Crippen molar-refractivity contribution in [3.63, 3.8) is 0 Å². The van der Waals surface area contributed by atoms with E-state index >= 15 is 0 Å². The quantitative estimate of drug-likeness (QED) is 0.658. The summed E-state index contributed by atoms with van der Waals surface area (Å²) in [6.45, 7) is 3.42. The van der Waals surface area contributed by atoms with Gasteiger partial charge in [-0.1, -0.05) is 19.4 Å². The summed E-state index contributed by atoms with van der Waals surface area (Å²) >= 11 is 0. The first-order valence-corrected chi connectivity index (χ1v) is 11.9. The molecule has 160 valence electrons. The summed E-state index contributed by atoms with van der Waals surface area (Å²) in [5.74, 6) is -0.874. The number of ether oxygens (including phenoxy) is 1. The number of hydrogen-bond acceptors (Lipinski definition) is 5. The minimum Gasteiger partial charge on any atom is -0.452 e. The van der Waals surface area contributed by atoms with E-state index in [0.717, 1.165) is 44.9 Å². The van der Waals surface area contributed by atoms with Gasteiger partial charge in [-0.3, -0.25) is 4.79 Å². The van der Waals surface area contributed by atoms with E-state index in [4.69, 9.17) is 4.74 Å². The van der Waals surface area contributed by atoms with Crippen LogP contribution in [-0.4, -0.2) is 61.8 Å². The Labute approximate surface area is 173 Å². The van der Waals surface area contributed by atoms with Crippen molar-refractivity contribution >= 4 is 21.9 Å². The maximum atomic E-state index is 12.8. The molecule has 7 nitrogen and oxygen atoms in total. The second-order valence-corrected chi connectivity index (χ2v) is 9.65. The van der Waals surface area contributed by atoms with Gasteiger partial charge in [0.15, 0.2) is 6.61 Å². The van der Waals surface area contributed by atoms with E-state index < -0.39 is 16.0 Å². The fourth-order valence-electron chi connectivity index (χ4n) is 4.08. The van der Waals surface area contributed by atoms with Crippen molar-refractivity contribution in [2.45, 2.75) is 62.8 Å². The van der Waals surface area contributed by atoms with Gasteiger partial charge >= 0.3 is 5.97 Å². The lowest BCUT2D eigenvalue weighted by molar-refractivity contribution is -0.138. The lowest BCUT2D eigenvalue weighted by Gasteiger charge is -2.35. The number of esters is 1. The molecule has 29 heavy (non-hydrogen) atoms. The summed E-state index contributed by atoms with van der Waals surface area (Å²) in [7, 11) is -3.63. The normalized spacial score (nSPS) is 21.0. The summed E-state index contributed by atoms with van der Waals surface area (Å²) in [6, 6.07) is 6.08. The van der Waals surface area contributed by atoms with Crippen LogP contribution in [0.2, 0.25) is 0 Å². The largest absolute Gasteiger partial charge is 0.452 e. The number of carbonyl (C=O) groups is 2. The zero-order valence-corrected chi connectivity index (χ0v) is 17.8. The summed E-state index contributed by atoms with van der Waals surface area (Å²) in [5, 5.41) is 0. The topological polar surface area (TPSA) is 84.0 Å². The number of benzene rings is 1. The van der Waals surface area contributed by atoms with Gasteiger partial charge in [0.2, 0.25) is 10.0 Å². The molecule has 2 aliphatic rings. The van der Waals surface area contributed by atoms with Gasteiger partial charge in [0.25, 0.3) is 5.91 Å². The molecular weight excluding hydrogens is 392 g/mol. The minimum absolute atomic E-state index is 0.0854. The fraction of sp³-hybridized carbons (Fsp3) is 0.619. The number of amides is 1. The average Bonchev–Trinajstić information content (AvgIpc) is 2.77. The third kappa shape index (κ3) is 5.17. The number of rotatable bonds is 6. The van der Waals surface area contributed by atoms with Crippen molar-refractivity contribution in [3.8, 4) is 0 Å². The molecular formula is C21H30N2O5S. The van der Waals surface area contributed by atoms with Crippen LogP contribution in [0.5, 0.6) is 0 Å². The minimum atomic E-state index is -3.63. The van der Waals surface area contributed by atoms with E-state index in [9.17, 15) is 18.0 Å². The molecule has 0 saturated carbocycles. The van der Waals surface area contributed by atoms with Crippen molar-refractivity contribution in [2.75, 3.05) is 26.2 Å². The lowest BCUT2D eigenvalue weighted by Crippen LogP contribution is -2.45. The van der Waals surface area contributed by atoms with Crippen molar-refractivity contribution in [3.05, 3.63) is 29.8 Å². The van der Waals surface area contributed by atoms with E-state index in [-0.39, 0.29) is 29.0 Å². The van der Waals surface area contributed by atoms with Crippen LogP contribution in [0.25, 0.3) is 0 Å². The Bertz CT molecular complexity index is 833.